The largest absolute Gasteiger partial charge is 0.444 e. The third-order valence-electron chi connectivity index (χ3n) is 6.03. The summed E-state index contributed by atoms with van der Waals surface area (Å²) >= 11 is 0. The van der Waals surface area contributed by atoms with E-state index in [1.165, 1.54) is 6.07 Å². The molecular weight excluding hydrogens is 458 g/mol. The molecule has 0 unspecified atom stereocenters. The molecule has 1 aliphatic carbocycles. The van der Waals surface area contributed by atoms with Gasteiger partial charge < -0.3 is 20.7 Å². The highest BCUT2D eigenvalue weighted by atomic mass is 16.6. The maximum atomic E-state index is 12.4. The monoisotopic (exact) mass is 489 g/mol. The summed E-state index contributed by atoms with van der Waals surface area (Å²) in [6, 6.07) is 20.4. The standard InChI is InChI=1S/C27H31N5O4/c1-26(2,3)36-25(33)31-27(16-7-17-27)20-10-12-21(13-11-20)29-24-22(32(34)35)14-15-23(30-24)28-18-19-8-5-4-6-9-19/h4-6,8-15H,7,16-18H2,1-3H3,(H,31,33)(H2,28,29,30). The molecule has 3 N–H and O–H groups in total. The quantitative estimate of drug-likeness (QED) is 0.253. The predicted octanol–water partition coefficient (Wildman–Crippen LogP) is 6.25. The summed E-state index contributed by atoms with van der Waals surface area (Å²) in [5.74, 6) is 0.676. The first-order valence-electron chi connectivity index (χ1n) is 12.0. The van der Waals surface area contributed by atoms with Gasteiger partial charge in [-0.3, -0.25) is 10.1 Å². The molecule has 0 saturated heterocycles. The second-order valence-corrected chi connectivity index (χ2v) is 9.93. The molecule has 0 bridgehead atoms. The second kappa shape index (κ2) is 10.2. The summed E-state index contributed by atoms with van der Waals surface area (Å²) in [5.41, 5.74) is 1.53. The van der Waals surface area contributed by atoms with Crippen LogP contribution in [0.2, 0.25) is 0 Å². The number of pyridine rings is 1. The van der Waals surface area contributed by atoms with Crippen LogP contribution in [0.4, 0.5) is 27.8 Å². The van der Waals surface area contributed by atoms with Gasteiger partial charge in [0.1, 0.15) is 11.4 Å². The Kier molecular flexibility index (Phi) is 7.10. The van der Waals surface area contributed by atoms with Crippen LogP contribution >= 0.6 is 0 Å². The molecule has 188 valence electrons. The van der Waals surface area contributed by atoms with Crippen molar-refractivity contribution >= 4 is 29.1 Å². The number of nitrogens with zero attached hydrogens (tertiary/aromatic N) is 2. The first-order valence-corrected chi connectivity index (χ1v) is 12.0. The molecular formula is C27H31N5O4. The average Bonchev–Trinajstić information content (AvgIpc) is 2.80. The lowest BCUT2D eigenvalue weighted by atomic mass is 9.72. The van der Waals surface area contributed by atoms with E-state index in [4.69, 9.17) is 4.74 Å². The van der Waals surface area contributed by atoms with E-state index in [-0.39, 0.29) is 11.5 Å². The van der Waals surface area contributed by atoms with E-state index >= 15 is 0 Å². The van der Waals surface area contributed by atoms with Gasteiger partial charge in [0.15, 0.2) is 0 Å². The fourth-order valence-electron chi connectivity index (χ4n) is 4.10. The van der Waals surface area contributed by atoms with Gasteiger partial charge in [0.2, 0.25) is 5.82 Å². The van der Waals surface area contributed by atoms with E-state index in [0.29, 0.717) is 18.1 Å². The summed E-state index contributed by atoms with van der Waals surface area (Å²) in [6.45, 7) is 6.05. The lowest BCUT2D eigenvalue weighted by Gasteiger charge is -2.43. The number of anilines is 3. The van der Waals surface area contributed by atoms with Crippen molar-refractivity contribution in [2.45, 2.75) is 57.7 Å². The highest BCUT2D eigenvalue weighted by molar-refractivity contribution is 5.70. The minimum atomic E-state index is -0.574. The number of carbonyl (C=O) groups is 1. The van der Waals surface area contributed by atoms with Crippen molar-refractivity contribution in [2.75, 3.05) is 10.6 Å². The molecule has 9 heteroatoms. The Morgan fingerprint density at radius 2 is 1.75 bits per heavy atom. The number of hydrogen-bond acceptors (Lipinski definition) is 7. The maximum absolute atomic E-state index is 12.4. The molecule has 1 aromatic heterocycles. The second-order valence-electron chi connectivity index (χ2n) is 9.93. The summed E-state index contributed by atoms with van der Waals surface area (Å²) in [4.78, 5) is 28.0. The number of rotatable bonds is 8. The van der Waals surface area contributed by atoms with Crippen LogP contribution in [0, 0.1) is 10.1 Å². The molecule has 1 fully saturated rings. The highest BCUT2D eigenvalue weighted by Crippen LogP contribution is 2.42. The Balaban J connectivity index is 1.48. The predicted molar refractivity (Wildman–Crippen MR) is 139 cm³/mol. The third kappa shape index (κ3) is 6.10. The van der Waals surface area contributed by atoms with Crippen molar-refractivity contribution in [3.8, 4) is 0 Å². The highest BCUT2D eigenvalue weighted by Gasteiger charge is 2.41. The van der Waals surface area contributed by atoms with Crippen LogP contribution in [0.25, 0.3) is 0 Å². The molecule has 2 aromatic carbocycles. The summed E-state index contributed by atoms with van der Waals surface area (Å²) < 4.78 is 5.45. The Morgan fingerprint density at radius 3 is 2.33 bits per heavy atom. The van der Waals surface area contributed by atoms with Gasteiger partial charge in [-0.25, -0.2) is 9.78 Å². The lowest BCUT2D eigenvalue weighted by Crippen LogP contribution is -2.52. The number of hydrogen-bond donors (Lipinski definition) is 3. The molecule has 1 heterocycles. The van der Waals surface area contributed by atoms with Crippen molar-refractivity contribution in [3.63, 3.8) is 0 Å². The zero-order valence-electron chi connectivity index (χ0n) is 20.7. The van der Waals surface area contributed by atoms with Crippen LogP contribution in [-0.4, -0.2) is 21.6 Å². The summed E-state index contributed by atoms with van der Waals surface area (Å²) in [6.07, 6.45) is 2.21. The SMILES string of the molecule is CC(C)(C)OC(=O)NC1(c2ccc(Nc3nc(NCc4ccccc4)ccc3[N+](=O)[O-])cc2)CCC1. The molecule has 3 aromatic rings. The van der Waals surface area contributed by atoms with Crippen molar-refractivity contribution in [2.24, 2.45) is 0 Å². The van der Waals surface area contributed by atoms with E-state index < -0.39 is 22.2 Å². The van der Waals surface area contributed by atoms with Crippen LogP contribution in [0.15, 0.2) is 66.7 Å². The van der Waals surface area contributed by atoms with E-state index in [1.807, 2.05) is 75.4 Å². The van der Waals surface area contributed by atoms with Crippen LogP contribution < -0.4 is 16.0 Å². The molecule has 1 amide bonds. The maximum Gasteiger partial charge on any atom is 0.408 e. The van der Waals surface area contributed by atoms with Gasteiger partial charge in [-0.1, -0.05) is 42.5 Å². The zero-order valence-corrected chi connectivity index (χ0v) is 20.7. The number of benzene rings is 2. The van der Waals surface area contributed by atoms with Gasteiger partial charge in [-0.05, 0) is 69.4 Å². The van der Waals surface area contributed by atoms with E-state index in [9.17, 15) is 14.9 Å². The molecule has 9 nitrogen and oxygen atoms in total. The lowest BCUT2D eigenvalue weighted by molar-refractivity contribution is -0.384. The Hall–Kier alpha value is -4.14. The van der Waals surface area contributed by atoms with Gasteiger partial charge in [-0.15, -0.1) is 0 Å². The van der Waals surface area contributed by atoms with Crippen LogP contribution in [0.5, 0.6) is 0 Å². The molecule has 36 heavy (non-hydrogen) atoms. The number of carbonyl (C=O) groups excluding carboxylic acids is 1. The minimum Gasteiger partial charge on any atom is -0.444 e. The fraction of sp³-hybridized carbons (Fsp3) is 0.333. The molecule has 0 spiro atoms. The average molecular weight is 490 g/mol. The van der Waals surface area contributed by atoms with Crippen molar-refractivity contribution in [3.05, 3.63) is 88.0 Å². The fourth-order valence-corrected chi connectivity index (χ4v) is 4.10. The number of amides is 1. The first kappa shape index (κ1) is 25.0. The molecule has 0 radical (unpaired) electrons. The Morgan fingerprint density at radius 1 is 1.06 bits per heavy atom. The van der Waals surface area contributed by atoms with Gasteiger partial charge >= 0.3 is 11.8 Å². The third-order valence-corrected chi connectivity index (χ3v) is 6.03. The summed E-state index contributed by atoms with van der Waals surface area (Å²) in [7, 11) is 0. The summed E-state index contributed by atoms with van der Waals surface area (Å²) in [5, 5.41) is 20.9. The molecule has 1 saturated carbocycles. The van der Waals surface area contributed by atoms with E-state index in [2.05, 4.69) is 20.9 Å². The van der Waals surface area contributed by atoms with Crippen molar-refractivity contribution in [1.82, 2.24) is 10.3 Å². The number of alkyl carbamates (subject to hydrolysis) is 1. The number of ether oxygens (including phenoxy) is 1. The van der Waals surface area contributed by atoms with Gasteiger partial charge in [0, 0.05) is 18.3 Å². The number of nitro groups is 1. The first-order chi connectivity index (χ1) is 17.1. The Bertz CT molecular complexity index is 1220. The van der Waals surface area contributed by atoms with Crippen LogP contribution in [-0.2, 0) is 16.8 Å². The van der Waals surface area contributed by atoms with Crippen molar-refractivity contribution in [1.29, 1.82) is 0 Å². The van der Waals surface area contributed by atoms with Gasteiger partial charge in [0.25, 0.3) is 0 Å². The van der Waals surface area contributed by atoms with E-state index in [1.54, 1.807) is 6.07 Å². The number of aromatic nitrogens is 1. The molecule has 4 rings (SSSR count). The van der Waals surface area contributed by atoms with Gasteiger partial charge in [0.05, 0.1) is 10.5 Å². The van der Waals surface area contributed by atoms with Crippen LogP contribution in [0.3, 0.4) is 0 Å². The smallest absolute Gasteiger partial charge is 0.408 e. The Labute approximate surface area is 210 Å². The normalized spacial score (nSPS) is 14.3. The zero-order chi connectivity index (χ0) is 25.8. The van der Waals surface area contributed by atoms with E-state index in [0.717, 1.165) is 30.4 Å². The molecule has 0 aliphatic heterocycles. The number of nitrogens with one attached hydrogen (secondary N) is 3. The molecule has 1 aliphatic rings. The van der Waals surface area contributed by atoms with Crippen molar-refractivity contribution < 1.29 is 14.5 Å². The molecule has 0 atom stereocenters. The minimum absolute atomic E-state index is 0.119. The van der Waals surface area contributed by atoms with Crippen LogP contribution in [0.1, 0.15) is 51.2 Å². The van der Waals surface area contributed by atoms with Gasteiger partial charge in [-0.2, -0.15) is 0 Å². The topological polar surface area (TPSA) is 118 Å².